The highest BCUT2D eigenvalue weighted by molar-refractivity contribution is 5.82. The third-order valence-corrected chi connectivity index (χ3v) is 6.83. The minimum absolute atomic E-state index is 0.416. The van der Waals surface area contributed by atoms with E-state index in [2.05, 4.69) is 75.0 Å². The smallest absolute Gasteiger partial charge is 0.223 e. The Balaban J connectivity index is 1.34. The van der Waals surface area contributed by atoms with Gasteiger partial charge in [-0.1, -0.05) is 53.7 Å². The van der Waals surface area contributed by atoms with Crippen molar-refractivity contribution in [2.24, 2.45) is 0 Å². The van der Waals surface area contributed by atoms with Crippen molar-refractivity contribution in [1.82, 2.24) is 29.6 Å². The molecule has 0 radical (unpaired) electrons. The molecular formula is C28H28N6O. The summed E-state index contributed by atoms with van der Waals surface area (Å²) in [5.74, 6) is 1.56. The van der Waals surface area contributed by atoms with Crippen LogP contribution in [0.15, 0.2) is 71.4 Å². The van der Waals surface area contributed by atoms with Crippen LogP contribution < -0.4 is 0 Å². The van der Waals surface area contributed by atoms with Gasteiger partial charge in [-0.2, -0.15) is 10.1 Å². The number of rotatable bonds is 5. The second-order valence-corrected chi connectivity index (χ2v) is 9.34. The fourth-order valence-electron chi connectivity index (χ4n) is 5.23. The Bertz CT molecular complexity index is 1470. The fraction of sp³-hybridized carbons (Fsp3) is 0.286. The van der Waals surface area contributed by atoms with Crippen LogP contribution in [0.1, 0.15) is 41.6 Å². The molecule has 0 saturated carbocycles. The number of likely N-dealkylation sites (tertiary alicyclic amines) is 1. The summed E-state index contributed by atoms with van der Waals surface area (Å²) >= 11 is 0. The topological polar surface area (TPSA) is 72.3 Å². The largest absolute Gasteiger partial charge is 0.339 e. The van der Waals surface area contributed by atoms with E-state index in [0.29, 0.717) is 17.6 Å². The molecule has 1 aliphatic heterocycles. The Kier molecular flexibility index (Phi) is 5.62. The Hall–Kier alpha value is -3.84. The summed E-state index contributed by atoms with van der Waals surface area (Å²) in [5.41, 5.74) is 7.46. The molecule has 5 aromatic rings. The Labute approximate surface area is 204 Å². The van der Waals surface area contributed by atoms with Crippen molar-refractivity contribution in [2.75, 3.05) is 13.1 Å². The van der Waals surface area contributed by atoms with Crippen LogP contribution in [-0.4, -0.2) is 42.7 Å². The minimum atomic E-state index is 0.416. The van der Waals surface area contributed by atoms with Crippen molar-refractivity contribution in [2.45, 2.75) is 39.2 Å². The first kappa shape index (κ1) is 21.7. The maximum absolute atomic E-state index is 5.18. The van der Waals surface area contributed by atoms with Crippen LogP contribution in [-0.2, 0) is 6.54 Å². The highest BCUT2D eigenvalue weighted by Crippen LogP contribution is 2.33. The van der Waals surface area contributed by atoms with Gasteiger partial charge in [-0.05, 0) is 49.6 Å². The third kappa shape index (κ3) is 4.23. The molecule has 1 fully saturated rings. The van der Waals surface area contributed by atoms with Gasteiger partial charge in [0.15, 0.2) is 5.65 Å². The van der Waals surface area contributed by atoms with Gasteiger partial charge in [0.05, 0.1) is 11.4 Å². The number of benzene rings is 2. The van der Waals surface area contributed by atoms with Crippen molar-refractivity contribution in [1.29, 1.82) is 0 Å². The van der Waals surface area contributed by atoms with E-state index in [1.807, 2.05) is 18.3 Å². The van der Waals surface area contributed by atoms with E-state index < -0.39 is 0 Å². The molecule has 1 saturated heterocycles. The summed E-state index contributed by atoms with van der Waals surface area (Å²) in [5, 5.41) is 9.04. The lowest BCUT2D eigenvalue weighted by molar-refractivity contribution is 0.197. The number of hydrogen-bond donors (Lipinski definition) is 0. The van der Waals surface area contributed by atoms with Crippen LogP contribution in [0.4, 0.5) is 0 Å². The highest BCUT2D eigenvalue weighted by Gasteiger charge is 2.25. The summed E-state index contributed by atoms with van der Waals surface area (Å²) in [4.78, 5) is 11.7. The van der Waals surface area contributed by atoms with Gasteiger partial charge in [0.25, 0.3) is 0 Å². The second-order valence-electron chi connectivity index (χ2n) is 9.34. The molecule has 0 spiro atoms. The number of hydrogen-bond acceptors (Lipinski definition) is 6. The Morgan fingerprint density at radius 1 is 1.00 bits per heavy atom. The molecule has 7 nitrogen and oxygen atoms in total. The third-order valence-electron chi connectivity index (χ3n) is 6.83. The van der Waals surface area contributed by atoms with Crippen LogP contribution in [0, 0.1) is 13.8 Å². The summed E-state index contributed by atoms with van der Waals surface area (Å²) in [7, 11) is 0. The monoisotopic (exact) mass is 464 g/mol. The molecule has 3 aromatic heterocycles. The molecule has 176 valence electrons. The van der Waals surface area contributed by atoms with Gasteiger partial charge in [-0.15, -0.1) is 0 Å². The second kappa shape index (κ2) is 9.07. The summed E-state index contributed by atoms with van der Waals surface area (Å²) in [6, 6.07) is 21.1. The van der Waals surface area contributed by atoms with Crippen molar-refractivity contribution >= 4 is 5.65 Å². The van der Waals surface area contributed by atoms with Crippen LogP contribution in [0.25, 0.3) is 28.2 Å². The van der Waals surface area contributed by atoms with Gasteiger partial charge in [-0.25, -0.2) is 9.50 Å². The molecule has 0 N–H and O–H groups in total. The van der Waals surface area contributed by atoms with E-state index in [0.717, 1.165) is 54.1 Å². The molecule has 6 rings (SSSR count). The average Bonchev–Trinajstić information content (AvgIpc) is 3.47. The lowest BCUT2D eigenvalue weighted by atomic mass is 9.94. The predicted octanol–water partition coefficient (Wildman–Crippen LogP) is 5.44. The molecule has 1 aliphatic rings. The zero-order valence-electron chi connectivity index (χ0n) is 20.1. The van der Waals surface area contributed by atoms with E-state index in [4.69, 9.17) is 14.6 Å². The molecular weight excluding hydrogens is 436 g/mol. The normalized spacial score (nSPS) is 16.7. The van der Waals surface area contributed by atoms with Crippen LogP contribution in [0.2, 0.25) is 0 Å². The van der Waals surface area contributed by atoms with Crippen molar-refractivity contribution in [3.05, 3.63) is 89.7 Å². The summed E-state index contributed by atoms with van der Waals surface area (Å²) in [6.07, 6.45) is 4.27. The molecule has 35 heavy (non-hydrogen) atoms. The predicted molar refractivity (Wildman–Crippen MR) is 135 cm³/mol. The van der Waals surface area contributed by atoms with Gasteiger partial charge in [0.1, 0.15) is 0 Å². The molecule has 0 amide bonds. The molecule has 1 atom stereocenters. The van der Waals surface area contributed by atoms with Crippen LogP contribution in [0.3, 0.4) is 0 Å². The van der Waals surface area contributed by atoms with E-state index in [1.165, 1.54) is 17.7 Å². The average molecular weight is 465 g/mol. The summed E-state index contributed by atoms with van der Waals surface area (Å²) in [6.45, 7) is 6.99. The fourth-order valence-corrected chi connectivity index (χ4v) is 5.23. The quantitative estimate of drug-likeness (QED) is 0.345. The van der Waals surface area contributed by atoms with Gasteiger partial charge in [-0.3, -0.25) is 4.90 Å². The molecule has 2 aromatic carbocycles. The first-order chi connectivity index (χ1) is 17.2. The number of piperidine rings is 1. The first-order valence-corrected chi connectivity index (χ1v) is 12.2. The Morgan fingerprint density at radius 2 is 1.86 bits per heavy atom. The molecule has 1 unspecified atom stereocenters. The summed E-state index contributed by atoms with van der Waals surface area (Å²) < 4.78 is 7.24. The van der Waals surface area contributed by atoms with E-state index in [-0.39, 0.29) is 0 Å². The molecule has 4 heterocycles. The van der Waals surface area contributed by atoms with E-state index >= 15 is 0 Å². The maximum Gasteiger partial charge on any atom is 0.223 e. The van der Waals surface area contributed by atoms with Gasteiger partial charge < -0.3 is 4.52 Å². The Morgan fingerprint density at radius 3 is 2.69 bits per heavy atom. The van der Waals surface area contributed by atoms with E-state index in [9.17, 15) is 0 Å². The maximum atomic E-state index is 5.18. The molecule has 7 heteroatoms. The first-order valence-electron chi connectivity index (χ1n) is 12.2. The highest BCUT2D eigenvalue weighted by atomic mass is 16.5. The van der Waals surface area contributed by atoms with Gasteiger partial charge in [0.2, 0.25) is 11.7 Å². The van der Waals surface area contributed by atoms with Gasteiger partial charge in [0, 0.05) is 43.3 Å². The number of aryl methyl sites for hydroxylation is 2. The lowest BCUT2D eigenvalue weighted by Crippen LogP contribution is -2.34. The van der Waals surface area contributed by atoms with Crippen LogP contribution in [0.5, 0.6) is 0 Å². The standard InChI is InChI=1S/C28H28N6O/c1-19-26(22-10-6-11-23(16-22)27-30-20(2)35-32-27)28-29-14-13-25(34(28)31-19)24-12-7-15-33(18-24)17-21-8-4-3-5-9-21/h3-6,8-11,13-14,16,24H,7,12,15,17-18H2,1-2H3. The number of fused-ring (bicyclic) bond motifs is 1. The number of aromatic nitrogens is 5. The van der Waals surface area contributed by atoms with Crippen molar-refractivity contribution < 1.29 is 4.52 Å². The zero-order valence-corrected chi connectivity index (χ0v) is 20.1. The van der Waals surface area contributed by atoms with Crippen molar-refractivity contribution in [3.63, 3.8) is 0 Å². The van der Waals surface area contributed by atoms with Crippen LogP contribution >= 0.6 is 0 Å². The van der Waals surface area contributed by atoms with Crippen molar-refractivity contribution in [3.8, 4) is 22.5 Å². The molecule has 0 bridgehead atoms. The number of nitrogens with zero attached hydrogens (tertiary/aromatic N) is 6. The SMILES string of the molecule is Cc1nc(-c2cccc(-c3c(C)nn4c(C5CCCN(Cc6ccccc6)C5)ccnc34)c2)no1. The zero-order chi connectivity index (χ0) is 23.8. The molecule has 0 aliphatic carbocycles. The van der Waals surface area contributed by atoms with E-state index in [1.54, 1.807) is 6.92 Å². The minimum Gasteiger partial charge on any atom is -0.339 e. The van der Waals surface area contributed by atoms with Gasteiger partial charge >= 0.3 is 0 Å². The lowest BCUT2D eigenvalue weighted by Gasteiger charge is -2.33.